The molecule has 1 heterocycles. The third kappa shape index (κ3) is 3.09. The molecule has 0 radical (unpaired) electrons. The quantitative estimate of drug-likeness (QED) is 0.920. The number of nitrogens with zero attached hydrogens (tertiary/aromatic N) is 1. The van der Waals surface area contributed by atoms with E-state index in [0.717, 1.165) is 11.3 Å². The molecule has 0 fully saturated rings. The first-order chi connectivity index (χ1) is 9.11. The third-order valence-electron chi connectivity index (χ3n) is 3.07. The van der Waals surface area contributed by atoms with Gasteiger partial charge in [-0.1, -0.05) is 6.07 Å². The molecule has 0 saturated heterocycles. The number of methoxy groups -OCH3 is 1. The molecule has 0 spiro atoms. The molecule has 2 rings (SSSR count). The topological polar surface area (TPSA) is 42.4 Å². The highest BCUT2D eigenvalue weighted by atomic mass is 19.1. The molecule has 1 atom stereocenters. The van der Waals surface area contributed by atoms with E-state index in [0.29, 0.717) is 5.75 Å². The van der Waals surface area contributed by atoms with Gasteiger partial charge in [-0.15, -0.1) is 0 Å². The molecule has 0 aliphatic carbocycles. The molecule has 19 heavy (non-hydrogen) atoms. The Kier molecular flexibility index (Phi) is 4.12. The van der Waals surface area contributed by atoms with Crippen molar-refractivity contribution < 1.29 is 14.2 Å². The van der Waals surface area contributed by atoms with Gasteiger partial charge in [0, 0.05) is 29.9 Å². The minimum absolute atomic E-state index is 0.255. The van der Waals surface area contributed by atoms with E-state index in [2.05, 4.69) is 4.98 Å². The normalized spacial score (nSPS) is 12.2. The second-order valence-corrected chi connectivity index (χ2v) is 4.37. The Bertz CT molecular complexity index is 572. The second kappa shape index (κ2) is 5.80. The predicted molar refractivity (Wildman–Crippen MR) is 70.6 cm³/mol. The van der Waals surface area contributed by atoms with Gasteiger partial charge in [0.25, 0.3) is 0 Å². The van der Waals surface area contributed by atoms with E-state index in [9.17, 15) is 9.50 Å². The van der Waals surface area contributed by atoms with Crippen molar-refractivity contribution in [1.29, 1.82) is 0 Å². The van der Waals surface area contributed by atoms with Crippen LogP contribution in [0.3, 0.4) is 0 Å². The maximum atomic E-state index is 13.8. The summed E-state index contributed by atoms with van der Waals surface area (Å²) in [4.78, 5) is 4.20. The number of hydrogen-bond acceptors (Lipinski definition) is 3. The molecule has 0 bridgehead atoms. The van der Waals surface area contributed by atoms with Gasteiger partial charge in [0.15, 0.2) is 0 Å². The van der Waals surface area contributed by atoms with E-state index in [-0.39, 0.29) is 12.0 Å². The van der Waals surface area contributed by atoms with Gasteiger partial charge >= 0.3 is 0 Å². The highest BCUT2D eigenvalue weighted by molar-refractivity contribution is 5.31. The predicted octanol–water partition coefficient (Wildman–Crippen LogP) is 2.81. The highest BCUT2D eigenvalue weighted by Crippen LogP contribution is 2.24. The summed E-state index contributed by atoms with van der Waals surface area (Å²) < 4.78 is 18.8. The van der Waals surface area contributed by atoms with Gasteiger partial charge in [0.1, 0.15) is 11.6 Å². The summed E-state index contributed by atoms with van der Waals surface area (Å²) in [5.41, 5.74) is 2.01. The number of aliphatic hydroxyl groups excluding tert-OH is 1. The SMILES string of the molecule is COc1ccc(C(O)Cc2ncccc2C)c(F)c1. The maximum Gasteiger partial charge on any atom is 0.132 e. The zero-order chi connectivity index (χ0) is 13.8. The van der Waals surface area contributed by atoms with Crippen LogP contribution in [0.15, 0.2) is 36.5 Å². The number of halogens is 1. The molecule has 2 aromatic rings. The number of aryl methyl sites for hydroxylation is 1. The van der Waals surface area contributed by atoms with Crippen molar-refractivity contribution in [2.75, 3.05) is 7.11 Å². The van der Waals surface area contributed by atoms with E-state index >= 15 is 0 Å². The lowest BCUT2D eigenvalue weighted by Crippen LogP contribution is -2.07. The molecular formula is C15H16FNO2. The van der Waals surface area contributed by atoms with Crippen LogP contribution < -0.4 is 4.74 Å². The highest BCUT2D eigenvalue weighted by Gasteiger charge is 2.15. The van der Waals surface area contributed by atoms with Crippen molar-refractivity contribution >= 4 is 0 Å². The van der Waals surface area contributed by atoms with Crippen molar-refractivity contribution in [3.05, 3.63) is 59.2 Å². The summed E-state index contributed by atoms with van der Waals surface area (Å²) in [5.74, 6) is -0.0390. The van der Waals surface area contributed by atoms with E-state index in [4.69, 9.17) is 4.74 Å². The van der Waals surface area contributed by atoms with Crippen LogP contribution in [0.5, 0.6) is 5.75 Å². The number of aromatic nitrogens is 1. The zero-order valence-corrected chi connectivity index (χ0v) is 10.9. The Morgan fingerprint density at radius 1 is 1.37 bits per heavy atom. The Labute approximate surface area is 111 Å². The van der Waals surface area contributed by atoms with Crippen LogP contribution in [0.4, 0.5) is 4.39 Å². The van der Waals surface area contributed by atoms with Crippen LogP contribution in [0.2, 0.25) is 0 Å². The molecule has 0 aliphatic rings. The largest absolute Gasteiger partial charge is 0.497 e. The Hall–Kier alpha value is -1.94. The fraction of sp³-hybridized carbons (Fsp3) is 0.267. The first kappa shape index (κ1) is 13.5. The van der Waals surface area contributed by atoms with Crippen molar-refractivity contribution in [2.24, 2.45) is 0 Å². The van der Waals surface area contributed by atoms with Crippen LogP contribution in [-0.2, 0) is 6.42 Å². The standard InChI is InChI=1S/C15H16FNO2/c1-10-4-3-7-17-14(10)9-15(18)12-6-5-11(19-2)8-13(12)16/h3-8,15,18H,9H2,1-2H3. The lowest BCUT2D eigenvalue weighted by molar-refractivity contribution is 0.172. The summed E-state index contributed by atoms with van der Waals surface area (Å²) in [5, 5.41) is 10.1. The van der Waals surface area contributed by atoms with Crippen LogP contribution in [0.25, 0.3) is 0 Å². The van der Waals surface area contributed by atoms with Crippen molar-refractivity contribution in [1.82, 2.24) is 4.98 Å². The van der Waals surface area contributed by atoms with Crippen LogP contribution >= 0.6 is 0 Å². The summed E-state index contributed by atoms with van der Waals surface area (Å²) >= 11 is 0. The molecule has 0 amide bonds. The number of hydrogen-bond donors (Lipinski definition) is 1. The van der Waals surface area contributed by atoms with Crippen LogP contribution in [-0.4, -0.2) is 17.2 Å². The Balaban J connectivity index is 2.21. The first-order valence-corrected chi connectivity index (χ1v) is 6.04. The smallest absolute Gasteiger partial charge is 0.132 e. The van der Waals surface area contributed by atoms with Crippen LogP contribution in [0.1, 0.15) is 22.9 Å². The summed E-state index contributed by atoms with van der Waals surface area (Å²) in [6, 6.07) is 8.19. The van der Waals surface area contributed by atoms with Gasteiger partial charge in [-0.25, -0.2) is 4.39 Å². The molecule has 1 aromatic carbocycles. The molecule has 3 nitrogen and oxygen atoms in total. The Morgan fingerprint density at radius 3 is 2.79 bits per heavy atom. The van der Waals surface area contributed by atoms with Gasteiger partial charge in [0.2, 0.25) is 0 Å². The van der Waals surface area contributed by atoms with Crippen LogP contribution in [0, 0.1) is 12.7 Å². The molecule has 0 aliphatic heterocycles. The molecule has 0 saturated carbocycles. The first-order valence-electron chi connectivity index (χ1n) is 6.04. The Morgan fingerprint density at radius 2 is 2.16 bits per heavy atom. The van der Waals surface area contributed by atoms with Gasteiger partial charge in [-0.2, -0.15) is 0 Å². The lowest BCUT2D eigenvalue weighted by Gasteiger charge is -2.13. The third-order valence-corrected chi connectivity index (χ3v) is 3.07. The van der Waals surface area contributed by atoms with Crippen molar-refractivity contribution in [3.8, 4) is 5.75 Å². The number of pyridine rings is 1. The number of benzene rings is 1. The maximum absolute atomic E-state index is 13.8. The number of aliphatic hydroxyl groups is 1. The molecule has 4 heteroatoms. The monoisotopic (exact) mass is 261 g/mol. The number of rotatable bonds is 4. The lowest BCUT2D eigenvalue weighted by atomic mass is 10.0. The second-order valence-electron chi connectivity index (χ2n) is 4.37. The fourth-order valence-corrected chi connectivity index (χ4v) is 1.93. The molecule has 100 valence electrons. The average Bonchev–Trinajstić information content (AvgIpc) is 2.41. The van der Waals surface area contributed by atoms with Crippen molar-refractivity contribution in [2.45, 2.75) is 19.4 Å². The van der Waals surface area contributed by atoms with E-state index in [1.54, 1.807) is 12.3 Å². The van der Waals surface area contributed by atoms with Gasteiger partial charge < -0.3 is 9.84 Å². The molecule has 1 N–H and O–H groups in total. The minimum Gasteiger partial charge on any atom is -0.497 e. The van der Waals surface area contributed by atoms with E-state index in [1.807, 2.05) is 19.1 Å². The summed E-state index contributed by atoms with van der Waals surface area (Å²) in [7, 11) is 1.47. The fourth-order valence-electron chi connectivity index (χ4n) is 1.93. The number of ether oxygens (including phenoxy) is 1. The molecule has 1 unspecified atom stereocenters. The van der Waals surface area contributed by atoms with Gasteiger partial charge in [-0.3, -0.25) is 4.98 Å². The summed E-state index contributed by atoms with van der Waals surface area (Å²) in [6.07, 6.45) is 1.04. The average molecular weight is 261 g/mol. The van der Waals surface area contributed by atoms with Crippen molar-refractivity contribution in [3.63, 3.8) is 0 Å². The minimum atomic E-state index is -0.917. The molecular weight excluding hydrogens is 245 g/mol. The van der Waals surface area contributed by atoms with E-state index in [1.165, 1.54) is 19.2 Å². The van der Waals surface area contributed by atoms with E-state index < -0.39 is 11.9 Å². The molecule has 1 aromatic heterocycles. The van der Waals surface area contributed by atoms with Gasteiger partial charge in [0.05, 0.1) is 13.2 Å². The zero-order valence-electron chi connectivity index (χ0n) is 10.9. The van der Waals surface area contributed by atoms with Gasteiger partial charge in [-0.05, 0) is 30.7 Å². The summed E-state index contributed by atoms with van der Waals surface area (Å²) in [6.45, 7) is 1.92.